The van der Waals surface area contributed by atoms with E-state index in [2.05, 4.69) is 5.32 Å². The number of rotatable bonds is 11. The number of halogens is 2. The van der Waals surface area contributed by atoms with Crippen LogP contribution in [-0.4, -0.2) is 44.8 Å². The van der Waals surface area contributed by atoms with E-state index in [1.54, 1.807) is 12.1 Å². The Morgan fingerprint density at radius 1 is 0.786 bits per heavy atom. The van der Waals surface area contributed by atoms with Crippen molar-refractivity contribution < 1.29 is 26.8 Å². The number of carbonyl (C=O) groups is 2. The summed E-state index contributed by atoms with van der Waals surface area (Å²) in [6, 6.07) is 24.5. The highest BCUT2D eigenvalue weighted by Crippen LogP contribution is 2.25. The molecule has 0 radical (unpaired) electrons. The van der Waals surface area contributed by atoms with Crippen LogP contribution in [0.25, 0.3) is 0 Å². The van der Waals surface area contributed by atoms with Crippen molar-refractivity contribution in [2.45, 2.75) is 30.8 Å². The summed E-state index contributed by atoms with van der Waals surface area (Å²) in [6.07, 6.45) is 0.148. The van der Waals surface area contributed by atoms with Gasteiger partial charge in [-0.2, -0.15) is 0 Å². The quantitative estimate of drug-likeness (QED) is 0.270. The van der Waals surface area contributed by atoms with Gasteiger partial charge in [-0.05, 0) is 66.6 Å². The summed E-state index contributed by atoms with van der Waals surface area (Å²) in [5, 5.41) is 2.60. The molecule has 0 aliphatic rings. The van der Waals surface area contributed by atoms with Gasteiger partial charge in [0.05, 0.1) is 10.6 Å². The molecule has 42 heavy (non-hydrogen) atoms. The van der Waals surface area contributed by atoms with E-state index < -0.39 is 46.1 Å². The van der Waals surface area contributed by atoms with Gasteiger partial charge in [0.25, 0.3) is 10.0 Å². The van der Waals surface area contributed by atoms with Gasteiger partial charge in [-0.3, -0.25) is 13.9 Å². The molecule has 218 valence electrons. The molecule has 1 N–H and O–H groups in total. The van der Waals surface area contributed by atoms with Crippen LogP contribution in [0.2, 0.25) is 0 Å². The van der Waals surface area contributed by atoms with E-state index in [0.29, 0.717) is 5.56 Å². The molecule has 10 heteroatoms. The average Bonchev–Trinajstić information content (AvgIpc) is 2.99. The lowest BCUT2D eigenvalue weighted by atomic mass is 10.0. The minimum Gasteiger partial charge on any atom is -0.357 e. The van der Waals surface area contributed by atoms with Crippen molar-refractivity contribution >= 4 is 27.5 Å². The minimum atomic E-state index is -4.29. The molecule has 0 spiro atoms. The Morgan fingerprint density at radius 3 is 1.93 bits per heavy atom. The van der Waals surface area contributed by atoms with E-state index in [1.165, 1.54) is 60.5 Å². The number of hydrogen-bond donors (Lipinski definition) is 1. The van der Waals surface area contributed by atoms with Crippen LogP contribution in [0.1, 0.15) is 16.7 Å². The lowest BCUT2D eigenvalue weighted by Gasteiger charge is -2.33. The molecule has 4 rings (SSSR count). The van der Waals surface area contributed by atoms with Crippen molar-refractivity contribution in [1.29, 1.82) is 0 Å². The molecule has 0 bridgehead atoms. The summed E-state index contributed by atoms with van der Waals surface area (Å²) in [4.78, 5) is 28.6. The first-order chi connectivity index (χ1) is 20.1. The zero-order valence-corrected chi connectivity index (χ0v) is 24.0. The molecule has 7 nitrogen and oxygen atoms in total. The highest BCUT2D eigenvalue weighted by atomic mass is 32.2. The minimum absolute atomic E-state index is 0.0533. The van der Waals surface area contributed by atoms with Gasteiger partial charge >= 0.3 is 0 Å². The summed E-state index contributed by atoms with van der Waals surface area (Å²) >= 11 is 0. The molecule has 4 aromatic carbocycles. The third-order valence-electron chi connectivity index (χ3n) is 6.79. The van der Waals surface area contributed by atoms with Gasteiger partial charge in [0.1, 0.15) is 24.2 Å². The van der Waals surface area contributed by atoms with Crippen molar-refractivity contribution in [1.82, 2.24) is 10.2 Å². The second-order valence-corrected chi connectivity index (χ2v) is 11.6. The normalized spacial score (nSPS) is 11.9. The fourth-order valence-electron chi connectivity index (χ4n) is 4.48. The van der Waals surface area contributed by atoms with Crippen molar-refractivity contribution in [2.24, 2.45) is 0 Å². The maximum absolute atomic E-state index is 14.1. The Balaban J connectivity index is 1.77. The van der Waals surface area contributed by atoms with Gasteiger partial charge in [0.15, 0.2) is 0 Å². The fraction of sp³-hybridized carbons (Fsp3) is 0.188. The molecule has 0 fully saturated rings. The zero-order valence-electron chi connectivity index (χ0n) is 23.2. The van der Waals surface area contributed by atoms with Crippen molar-refractivity contribution in [3.8, 4) is 0 Å². The summed E-state index contributed by atoms with van der Waals surface area (Å²) < 4.78 is 56.1. The number of aryl methyl sites for hydroxylation is 1. The van der Waals surface area contributed by atoms with Gasteiger partial charge in [-0.1, -0.05) is 60.2 Å². The van der Waals surface area contributed by atoms with Crippen LogP contribution in [-0.2, 0) is 32.6 Å². The smallest absolute Gasteiger partial charge is 0.264 e. The van der Waals surface area contributed by atoms with Gasteiger partial charge in [0.2, 0.25) is 11.8 Å². The Hall–Kier alpha value is -4.57. The number of sulfonamides is 1. The summed E-state index contributed by atoms with van der Waals surface area (Å²) in [7, 11) is -2.84. The monoisotopic (exact) mass is 591 g/mol. The summed E-state index contributed by atoms with van der Waals surface area (Å²) in [6.45, 7) is 1.05. The number of carbonyl (C=O) groups excluding carboxylic acids is 2. The molecular formula is C32H31F2N3O4S. The largest absolute Gasteiger partial charge is 0.357 e. The molecule has 1 unspecified atom stereocenters. The van der Waals surface area contributed by atoms with Gasteiger partial charge in [-0.25, -0.2) is 17.2 Å². The average molecular weight is 592 g/mol. The molecule has 1 atom stereocenters. The van der Waals surface area contributed by atoms with Gasteiger partial charge in [-0.15, -0.1) is 0 Å². The predicted octanol–water partition coefficient (Wildman–Crippen LogP) is 4.85. The maximum atomic E-state index is 14.1. The number of benzene rings is 4. The summed E-state index contributed by atoms with van der Waals surface area (Å²) in [5.41, 5.74) is 2.25. The lowest BCUT2D eigenvalue weighted by molar-refractivity contribution is -0.139. The molecule has 0 saturated carbocycles. The zero-order chi connectivity index (χ0) is 30.3. The Kier molecular flexibility index (Phi) is 9.69. The van der Waals surface area contributed by atoms with Crippen molar-refractivity contribution in [3.05, 3.63) is 131 Å². The number of amides is 2. The van der Waals surface area contributed by atoms with Gasteiger partial charge in [0, 0.05) is 20.0 Å². The Bertz CT molecular complexity index is 1610. The molecule has 4 aromatic rings. The molecule has 0 aliphatic heterocycles. The fourth-order valence-corrected chi connectivity index (χ4v) is 5.89. The van der Waals surface area contributed by atoms with Crippen LogP contribution >= 0.6 is 0 Å². The maximum Gasteiger partial charge on any atom is 0.264 e. The number of hydrogen-bond acceptors (Lipinski definition) is 4. The second kappa shape index (κ2) is 13.4. The highest BCUT2D eigenvalue weighted by Gasteiger charge is 2.34. The number of nitrogens with one attached hydrogen (secondary N) is 1. The first kappa shape index (κ1) is 30.4. The SMILES string of the molecule is CNC(=O)C(Cc1ccccc1)N(Cc1ccc(F)cc1)C(=O)CN(c1ccc(F)cc1)S(=O)(=O)c1ccc(C)cc1. The first-order valence-corrected chi connectivity index (χ1v) is 14.7. The summed E-state index contributed by atoms with van der Waals surface area (Å²) in [5.74, 6) is -2.17. The predicted molar refractivity (Wildman–Crippen MR) is 157 cm³/mol. The molecule has 0 aromatic heterocycles. The van der Waals surface area contributed by atoms with E-state index in [4.69, 9.17) is 0 Å². The number of anilines is 1. The Morgan fingerprint density at radius 2 is 1.36 bits per heavy atom. The van der Waals surface area contributed by atoms with Crippen LogP contribution < -0.4 is 9.62 Å². The van der Waals surface area contributed by atoms with Crippen LogP contribution in [0.5, 0.6) is 0 Å². The van der Waals surface area contributed by atoms with Crippen molar-refractivity contribution in [2.75, 3.05) is 17.9 Å². The molecule has 0 saturated heterocycles. The Labute approximate surface area is 244 Å². The van der Waals surface area contributed by atoms with E-state index in [9.17, 15) is 26.8 Å². The van der Waals surface area contributed by atoms with E-state index in [1.807, 2.05) is 37.3 Å². The van der Waals surface area contributed by atoms with E-state index >= 15 is 0 Å². The standard InChI is InChI=1S/C32H31F2N3O4S/c1-23-8-18-29(19-9-23)42(40,41)37(28-16-14-27(34)15-17-28)22-31(38)36(21-25-10-12-26(33)13-11-25)30(32(39)35-2)20-24-6-4-3-5-7-24/h3-19,30H,20-22H2,1-2H3,(H,35,39). The van der Waals surface area contributed by atoms with Crippen molar-refractivity contribution in [3.63, 3.8) is 0 Å². The third-order valence-corrected chi connectivity index (χ3v) is 8.57. The van der Waals surface area contributed by atoms with Crippen LogP contribution in [0, 0.1) is 18.6 Å². The lowest BCUT2D eigenvalue weighted by Crippen LogP contribution is -2.53. The van der Waals surface area contributed by atoms with Crippen LogP contribution in [0.4, 0.5) is 14.5 Å². The number of likely N-dealkylation sites (N-methyl/N-ethyl adjacent to an activating group) is 1. The first-order valence-electron chi connectivity index (χ1n) is 13.2. The molecular weight excluding hydrogens is 560 g/mol. The molecule has 0 aliphatic carbocycles. The van der Waals surface area contributed by atoms with Gasteiger partial charge < -0.3 is 10.2 Å². The van der Waals surface area contributed by atoms with E-state index in [0.717, 1.165) is 27.6 Å². The topological polar surface area (TPSA) is 86.8 Å². The van der Waals surface area contributed by atoms with E-state index in [-0.39, 0.29) is 23.5 Å². The van der Waals surface area contributed by atoms with Crippen LogP contribution in [0.3, 0.4) is 0 Å². The highest BCUT2D eigenvalue weighted by molar-refractivity contribution is 7.92. The van der Waals surface area contributed by atoms with Crippen LogP contribution in [0.15, 0.2) is 108 Å². The third kappa shape index (κ3) is 7.38. The molecule has 0 heterocycles. The number of nitrogens with zero attached hydrogens (tertiary/aromatic N) is 2. The molecule has 2 amide bonds. The second-order valence-electron chi connectivity index (χ2n) is 9.77.